The van der Waals surface area contributed by atoms with E-state index in [1.807, 2.05) is 12.2 Å². The molecular formula is C28H22O7. The maximum Gasteiger partial charge on any atom is 0.252 e. The Labute approximate surface area is 201 Å². The lowest BCUT2D eigenvalue weighted by Crippen LogP contribution is -2.26. The number of rotatable bonds is 5. The molecule has 176 valence electrons. The summed E-state index contributed by atoms with van der Waals surface area (Å²) in [5.41, 5.74) is 2.74. The third kappa shape index (κ3) is 4.65. The quantitative estimate of drug-likeness (QED) is 0.251. The van der Waals surface area contributed by atoms with Gasteiger partial charge in [-0.1, -0.05) is 24.3 Å². The van der Waals surface area contributed by atoms with E-state index in [4.69, 9.17) is 9.47 Å². The predicted molar refractivity (Wildman–Crippen MR) is 130 cm³/mol. The molecule has 2 atom stereocenters. The minimum absolute atomic E-state index is 0.00287. The monoisotopic (exact) mass is 470 g/mol. The molecule has 0 aliphatic carbocycles. The highest BCUT2D eigenvalue weighted by Gasteiger charge is 2.40. The number of phenols is 5. The van der Waals surface area contributed by atoms with E-state index in [9.17, 15) is 25.5 Å². The van der Waals surface area contributed by atoms with Gasteiger partial charge < -0.3 is 35.0 Å². The maximum atomic E-state index is 10.4. The van der Waals surface area contributed by atoms with Crippen LogP contribution in [0, 0.1) is 0 Å². The van der Waals surface area contributed by atoms with E-state index in [1.54, 1.807) is 42.5 Å². The molecule has 35 heavy (non-hydrogen) atoms. The lowest BCUT2D eigenvalue weighted by molar-refractivity contribution is 0.0131. The fraction of sp³-hybridized carbons (Fsp3) is 0.0714. The molecule has 0 amide bonds. The van der Waals surface area contributed by atoms with Crippen molar-refractivity contribution in [2.24, 2.45) is 0 Å². The molecule has 0 saturated carbocycles. The van der Waals surface area contributed by atoms with Gasteiger partial charge in [0.25, 0.3) is 6.29 Å². The summed E-state index contributed by atoms with van der Waals surface area (Å²) in [4.78, 5) is 0. The molecule has 0 fully saturated rings. The number of aromatic hydroxyl groups is 5. The molecule has 5 N–H and O–H groups in total. The Morgan fingerprint density at radius 3 is 1.89 bits per heavy atom. The van der Waals surface area contributed by atoms with E-state index in [0.717, 1.165) is 5.56 Å². The van der Waals surface area contributed by atoms with Crippen LogP contribution < -0.4 is 9.47 Å². The van der Waals surface area contributed by atoms with Gasteiger partial charge in [0.2, 0.25) is 0 Å². The van der Waals surface area contributed by atoms with Crippen LogP contribution in [0.4, 0.5) is 0 Å². The summed E-state index contributed by atoms with van der Waals surface area (Å²) in [6.45, 7) is 0. The van der Waals surface area contributed by atoms with Crippen LogP contribution >= 0.6 is 0 Å². The number of hydrogen-bond donors (Lipinski definition) is 5. The van der Waals surface area contributed by atoms with Crippen molar-refractivity contribution >= 4 is 12.2 Å². The van der Waals surface area contributed by atoms with E-state index in [2.05, 4.69) is 0 Å². The Morgan fingerprint density at radius 2 is 1.23 bits per heavy atom. The van der Waals surface area contributed by atoms with Gasteiger partial charge in [0.1, 0.15) is 40.2 Å². The van der Waals surface area contributed by atoms with Crippen molar-refractivity contribution in [3.05, 3.63) is 101 Å². The molecule has 4 aromatic carbocycles. The topological polar surface area (TPSA) is 120 Å². The van der Waals surface area contributed by atoms with Crippen LogP contribution in [0.25, 0.3) is 12.2 Å². The number of phenolic OH excluding ortho intramolecular Hbond substituents is 5. The molecular weight excluding hydrogens is 448 g/mol. The van der Waals surface area contributed by atoms with Crippen LogP contribution in [0.15, 0.2) is 78.9 Å². The van der Waals surface area contributed by atoms with Gasteiger partial charge in [-0.25, -0.2) is 0 Å². The van der Waals surface area contributed by atoms with Gasteiger partial charge in [-0.3, -0.25) is 0 Å². The molecule has 1 aliphatic heterocycles. The summed E-state index contributed by atoms with van der Waals surface area (Å²) in [5.74, 6) is 0.287. The highest BCUT2D eigenvalue weighted by Crippen LogP contribution is 2.48. The largest absolute Gasteiger partial charge is 0.508 e. The zero-order chi connectivity index (χ0) is 24.5. The summed E-state index contributed by atoms with van der Waals surface area (Å²) in [6, 6.07) is 20.2. The van der Waals surface area contributed by atoms with Crippen LogP contribution in [-0.2, 0) is 0 Å². The van der Waals surface area contributed by atoms with Gasteiger partial charge in [-0.05, 0) is 71.3 Å². The molecule has 0 aromatic heterocycles. The standard InChI is InChI=1S/C28H22O7/c29-19-5-2-16(3-6-19)1-4-17-11-23(33)15-25-26(17)27(18-12-21(31)14-22(32)13-18)28(35-25)34-24-9-7-20(30)8-10-24/h1-15,27-33H. The van der Waals surface area contributed by atoms with E-state index in [-0.39, 0.29) is 28.7 Å². The van der Waals surface area contributed by atoms with Crippen LogP contribution in [0.5, 0.6) is 40.2 Å². The summed E-state index contributed by atoms with van der Waals surface area (Å²) in [7, 11) is 0. The third-order valence-corrected chi connectivity index (χ3v) is 5.71. The van der Waals surface area contributed by atoms with Crippen molar-refractivity contribution in [2.45, 2.75) is 12.2 Å². The van der Waals surface area contributed by atoms with Gasteiger partial charge in [0.05, 0.1) is 5.92 Å². The Hall–Kier alpha value is -4.78. The van der Waals surface area contributed by atoms with E-state index >= 15 is 0 Å². The first-order chi connectivity index (χ1) is 16.9. The molecule has 7 nitrogen and oxygen atoms in total. The molecule has 0 bridgehead atoms. The summed E-state index contributed by atoms with van der Waals surface area (Å²) >= 11 is 0. The second-order valence-corrected chi connectivity index (χ2v) is 8.23. The lowest BCUT2D eigenvalue weighted by atomic mass is 9.87. The first-order valence-corrected chi connectivity index (χ1v) is 10.8. The minimum Gasteiger partial charge on any atom is -0.508 e. The van der Waals surface area contributed by atoms with Crippen molar-refractivity contribution in [3.8, 4) is 40.2 Å². The molecule has 0 spiro atoms. The zero-order valence-corrected chi connectivity index (χ0v) is 18.4. The van der Waals surface area contributed by atoms with Crippen LogP contribution in [0.2, 0.25) is 0 Å². The summed E-state index contributed by atoms with van der Waals surface area (Å²) < 4.78 is 12.2. The van der Waals surface area contributed by atoms with Crippen LogP contribution in [0.3, 0.4) is 0 Å². The maximum absolute atomic E-state index is 10.4. The smallest absolute Gasteiger partial charge is 0.252 e. The molecule has 0 saturated heterocycles. The summed E-state index contributed by atoms with van der Waals surface area (Å²) in [6.07, 6.45) is 2.75. The SMILES string of the molecule is Oc1ccc(C=Cc2cc(O)cc3c2C(c2cc(O)cc(O)c2)C(Oc2ccc(O)cc2)O3)cc1. The second-order valence-electron chi connectivity index (χ2n) is 8.23. The van der Waals surface area contributed by atoms with Crippen molar-refractivity contribution in [3.63, 3.8) is 0 Å². The lowest BCUT2D eigenvalue weighted by Gasteiger charge is -2.22. The highest BCUT2D eigenvalue weighted by atomic mass is 16.7. The van der Waals surface area contributed by atoms with Crippen molar-refractivity contribution < 1.29 is 35.0 Å². The second kappa shape index (κ2) is 8.87. The summed E-state index contributed by atoms with van der Waals surface area (Å²) in [5, 5.41) is 49.8. The number of hydrogen-bond acceptors (Lipinski definition) is 7. The van der Waals surface area contributed by atoms with Gasteiger partial charge in [0, 0.05) is 17.7 Å². The first kappa shape index (κ1) is 22.0. The highest BCUT2D eigenvalue weighted by molar-refractivity contribution is 5.75. The number of ether oxygens (including phenoxy) is 2. The number of benzene rings is 4. The Morgan fingerprint density at radius 1 is 0.629 bits per heavy atom. The van der Waals surface area contributed by atoms with Gasteiger partial charge in [-0.15, -0.1) is 0 Å². The van der Waals surface area contributed by atoms with Crippen molar-refractivity contribution in [2.75, 3.05) is 0 Å². The normalized spacial score (nSPS) is 16.7. The molecule has 2 unspecified atom stereocenters. The Bertz CT molecular complexity index is 1370. The average Bonchev–Trinajstić information content (AvgIpc) is 3.17. The van der Waals surface area contributed by atoms with E-state index in [1.165, 1.54) is 36.4 Å². The zero-order valence-electron chi connectivity index (χ0n) is 18.4. The molecule has 4 aromatic rings. The average molecular weight is 470 g/mol. The van der Waals surface area contributed by atoms with E-state index < -0.39 is 12.2 Å². The number of fused-ring (bicyclic) bond motifs is 1. The van der Waals surface area contributed by atoms with Crippen molar-refractivity contribution in [1.29, 1.82) is 0 Å². The third-order valence-electron chi connectivity index (χ3n) is 5.71. The first-order valence-electron chi connectivity index (χ1n) is 10.8. The Balaban J connectivity index is 1.60. The molecule has 1 heterocycles. The van der Waals surface area contributed by atoms with Crippen LogP contribution in [-0.4, -0.2) is 31.8 Å². The van der Waals surface area contributed by atoms with Gasteiger partial charge in [0.15, 0.2) is 0 Å². The molecule has 7 heteroatoms. The van der Waals surface area contributed by atoms with E-state index in [0.29, 0.717) is 28.2 Å². The molecule has 0 radical (unpaired) electrons. The fourth-order valence-electron chi connectivity index (χ4n) is 4.17. The Kier molecular flexibility index (Phi) is 5.58. The minimum atomic E-state index is -0.890. The fourth-order valence-corrected chi connectivity index (χ4v) is 4.17. The molecule has 1 aliphatic rings. The van der Waals surface area contributed by atoms with Crippen molar-refractivity contribution in [1.82, 2.24) is 0 Å². The molecule has 5 rings (SSSR count). The van der Waals surface area contributed by atoms with Gasteiger partial charge in [-0.2, -0.15) is 0 Å². The van der Waals surface area contributed by atoms with Crippen LogP contribution in [0.1, 0.15) is 28.2 Å². The van der Waals surface area contributed by atoms with Gasteiger partial charge >= 0.3 is 0 Å². The predicted octanol–water partition coefficient (Wildman–Crippen LogP) is 5.31.